The second-order valence-electron chi connectivity index (χ2n) is 2.91. The van der Waals surface area contributed by atoms with E-state index in [1.165, 1.54) is 0 Å². The van der Waals surface area contributed by atoms with Gasteiger partial charge in [0.2, 0.25) is 0 Å². The summed E-state index contributed by atoms with van der Waals surface area (Å²) in [7, 11) is 0. The average molecular weight is 232 g/mol. The smallest absolute Gasteiger partial charge is 0.322 e. The molecule has 0 heterocycles. The highest BCUT2D eigenvalue weighted by Gasteiger charge is 2.13. The van der Waals surface area contributed by atoms with E-state index < -0.39 is 37.3 Å². The van der Waals surface area contributed by atoms with Crippen molar-refractivity contribution in [2.24, 2.45) is 5.73 Å². The average Bonchev–Trinajstić information content (AvgIpc) is 2.11. The van der Waals surface area contributed by atoms with Gasteiger partial charge in [-0.2, -0.15) is 0 Å². The van der Waals surface area contributed by atoms with Gasteiger partial charge in [0.15, 0.2) is 0 Å². The molecule has 0 saturated carbocycles. The van der Waals surface area contributed by atoms with Gasteiger partial charge in [-0.3, -0.25) is 14.4 Å². The Bertz CT molecular complexity index is 317. The molecule has 0 aliphatic heterocycles. The van der Waals surface area contributed by atoms with Crippen LogP contribution >= 0.6 is 0 Å². The van der Waals surface area contributed by atoms with Gasteiger partial charge in [-0.25, -0.2) is 0 Å². The summed E-state index contributed by atoms with van der Waals surface area (Å²) in [5, 5.41) is 27.6. The molecule has 6 N–H and O–H groups in total. The Morgan fingerprint density at radius 3 is 1.69 bits per heavy atom. The van der Waals surface area contributed by atoms with Crippen molar-refractivity contribution in [3.8, 4) is 0 Å². The Balaban J connectivity index is 4.66. The Labute approximate surface area is 90.4 Å². The zero-order valence-electron chi connectivity index (χ0n) is 8.27. The molecule has 90 valence electrons. The second-order valence-corrected chi connectivity index (χ2v) is 2.91. The van der Waals surface area contributed by atoms with Gasteiger partial charge >= 0.3 is 17.9 Å². The minimum Gasteiger partial charge on any atom is -0.481 e. The molecule has 0 aliphatic rings. The van der Waals surface area contributed by atoms with Crippen LogP contribution in [-0.4, -0.2) is 39.8 Å². The zero-order chi connectivity index (χ0) is 12.7. The first-order valence-corrected chi connectivity index (χ1v) is 4.19. The third kappa shape index (κ3) is 6.24. The third-order valence-corrected chi connectivity index (χ3v) is 1.54. The third-order valence-electron chi connectivity index (χ3n) is 1.54. The summed E-state index contributed by atoms with van der Waals surface area (Å²) in [6.45, 7) is -0.505. The molecule has 0 fully saturated rings. The van der Waals surface area contributed by atoms with E-state index in [9.17, 15) is 14.4 Å². The number of carbonyl (C=O) groups is 3. The second kappa shape index (κ2) is 6.27. The van der Waals surface area contributed by atoms with Crippen LogP contribution in [0.3, 0.4) is 0 Å². The lowest BCUT2D eigenvalue weighted by molar-refractivity contribution is -0.137. The van der Waals surface area contributed by atoms with Crippen LogP contribution in [0.4, 0.5) is 0 Å². The number of hydrogen-bond acceptors (Lipinski definition) is 5. The minimum atomic E-state index is -1.24. The largest absolute Gasteiger partial charge is 0.481 e. The van der Waals surface area contributed by atoms with Crippen LogP contribution in [0.2, 0.25) is 0 Å². The first-order valence-electron chi connectivity index (χ1n) is 4.19. The predicted molar refractivity (Wildman–Crippen MR) is 51.4 cm³/mol. The molecule has 0 atom stereocenters. The van der Waals surface area contributed by atoms with Gasteiger partial charge in [-0.1, -0.05) is 0 Å². The number of nitrogens with two attached hydrogens (primary N) is 1. The molecule has 8 heteroatoms. The van der Waals surface area contributed by atoms with Crippen molar-refractivity contribution in [2.75, 3.05) is 6.54 Å². The first kappa shape index (κ1) is 13.8. The molecule has 0 bridgehead atoms. The molecule has 0 rings (SSSR count). The Morgan fingerprint density at radius 1 is 0.938 bits per heavy atom. The maximum absolute atomic E-state index is 10.4. The monoisotopic (exact) mass is 232 g/mol. The lowest BCUT2D eigenvalue weighted by Gasteiger charge is -2.09. The molecular weight excluding hydrogens is 220 g/mol. The van der Waals surface area contributed by atoms with E-state index in [1.807, 2.05) is 0 Å². The highest BCUT2D eigenvalue weighted by Crippen LogP contribution is 2.08. The zero-order valence-corrected chi connectivity index (χ0v) is 8.27. The SMILES string of the molecule is NC(NCC(=O)O)=C(CC(=O)O)CC(=O)O. The van der Waals surface area contributed by atoms with Gasteiger partial charge in [-0.15, -0.1) is 0 Å². The molecule has 0 aromatic heterocycles. The predicted octanol–water partition coefficient (Wildman–Crippen LogP) is -1.22. The Hall–Kier alpha value is -2.25. The molecule has 0 saturated heterocycles. The fraction of sp³-hybridized carbons (Fsp3) is 0.375. The maximum atomic E-state index is 10.4. The van der Waals surface area contributed by atoms with Crippen molar-refractivity contribution in [3.63, 3.8) is 0 Å². The van der Waals surface area contributed by atoms with Gasteiger partial charge in [0.05, 0.1) is 18.7 Å². The number of rotatable bonds is 7. The van der Waals surface area contributed by atoms with E-state index >= 15 is 0 Å². The topological polar surface area (TPSA) is 150 Å². The van der Waals surface area contributed by atoms with Gasteiger partial charge in [0.1, 0.15) is 6.54 Å². The molecule has 0 radical (unpaired) electrons. The van der Waals surface area contributed by atoms with Crippen LogP contribution in [0, 0.1) is 0 Å². The molecule has 8 nitrogen and oxygen atoms in total. The quantitative estimate of drug-likeness (QED) is 0.366. The summed E-state index contributed by atoms with van der Waals surface area (Å²) in [6, 6.07) is 0. The lowest BCUT2D eigenvalue weighted by atomic mass is 10.1. The normalized spacial score (nSPS) is 9.25. The molecule has 0 spiro atoms. The van der Waals surface area contributed by atoms with Crippen LogP contribution in [-0.2, 0) is 14.4 Å². The van der Waals surface area contributed by atoms with E-state index in [-0.39, 0.29) is 11.4 Å². The molecule has 0 aromatic carbocycles. The van der Waals surface area contributed by atoms with E-state index in [4.69, 9.17) is 21.1 Å². The van der Waals surface area contributed by atoms with Crippen molar-refractivity contribution >= 4 is 17.9 Å². The van der Waals surface area contributed by atoms with E-state index in [0.29, 0.717) is 0 Å². The van der Waals surface area contributed by atoms with Gasteiger partial charge in [0.25, 0.3) is 0 Å². The standard InChI is InChI=1S/C8H12N2O6/c9-8(10-3-7(15)16)4(1-5(11)12)2-6(13)14/h10H,1-3,9H2,(H,11,12)(H,13,14)(H,15,16). The number of carboxylic acid groups (broad SMARTS) is 3. The Morgan fingerprint density at radius 2 is 1.38 bits per heavy atom. The highest BCUT2D eigenvalue weighted by atomic mass is 16.4. The molecule has 0 amide bonds. The van der Waals surface area contributed by atoms with Crippen molar-refractivity contribution in [2.45, 2.75) is 12.8 Å². The molecule has 16 heavy (non-hydrogen) atoms. The van der Waals surface area contributed by atoms with Crippen molar-refractivity contribution < 1.29 is 29.7 Å². The molecule has 0 aliphatic carbocycles. The van der Waals surface area contributed by atoms with Crippen LogP contribution in [0.5, 0.6) is 0 Å². The summed E-state index contributed by atoms with van der Waals surface area (Å²) in [5.41, 5.74) is 5.27. The van der Waals surface area contributed by atoms with Gasteiger partial charge < -0.3 is 26.4 Å². The van der Waals surface area contributed by atoms with Crippen molar-refractivity contribution in [1.29, 1.82) is 0 Å². The van der Waals surface area contributed by atoms with E-state index in [1.54, 1.807) is 0 Å². The number of nitrogens with one attached hydrogen (secondary N) is 1. The maximum Gasteiger partial charge on any atom is 0.322 e. The minimum absolute atomic E-state index is 0.0683. The fourth-order valence-electron chi connectivity index (χ4n) is 0.914. The lowest BCUT2D eigenvalue weighted by Crippen LogP contribution is -2.28. The summed E-state index contributed by atoms with van der Waals surface area (Å²) >= 11 is 0. The molecule has 0 unspecified atom stereocenters. The number of carboxylic acids is 3. The highest BCUT2D eigenvalue weighted by molar-refractivity contribution is 5.76. The van der Waals surface area contributed by atoms with Gasteiger partial charge in [0, 0.05) is 0 Å². The van der Waals surface area contributed by atoms with Crippen molar-refractivity contribution in [1.82, 2.24) is 5.32 Å². The van der Waals surface area contributed by atoms with Crippen molar-refractivity contribution in [3.05, 3.63) is 11.4 Å². The first-order chi connectivity index (χ1) is 7.32. The summed E-state index contributed by atoms with van der Waals surface area (Å²) in [5.74, 6) is -3.90. The van der Waals surface area contributed by atoms with Crippen LogP contribution in [0.25, 0.3) is 0 Å². The van der Waals surface area contributed by atoms with Crippen LogP contribution < -0.4 is 11.1 Å². The molecule has 0 aromatic rings. The summed E-state index contributed by atoms with van der Waals surface area (Å²) in [4.78, 5) is 31.0. The Kier molecular flexibility index (Phi) is 5.39. The fourth-order valence-corrected chi connectivity index (χ4v) is 0.914. The van der Waals surface area contributed by atoms with Crippen LogP contribution in [0.15, 0.2) is 11.4 Å². The summed E-state index contributed by atoms with van der Waals surface area (Å²) < 4.78 is 0. The molecular formula is C8H12N2O6. The number of aliphatic carboxylic acids is 3. The van der Waals surface area contributed by atoms with Gasteiger partial charge in [-0.05, 0) is 5.57 Å². The van der Waals surface area contributed by atoms with Crippen LogP contribution in [0.1, 0.15) is 12.8 Å². The summed E-state index contributed by atoms with van der Waals surface area (Å²) in [6.07, 6.45) is -1.10. The number of hydrogen-bond donors (Lipinski definition) is 5. The van der Waals surface area contributed by atoms with E-state index in [0.717, 1.165) is 0 Å². The van der Waals surface area contributed by atoms with E-state index in [2.05, 4.69) is 5.32 Å².